The van der Waals surface area contributed by atoms with Crippen molar-refractivity contribution in [3.63, 3.8) is 0 Å². The van der Waals surface area contributed by atoms with Crippen molar-refractivity contribution in [2.75, 3.05) is 13.2 Å². The molecule has 1 heterocycles. The van der Waals surface area contributed by atoms with Crippen LogP contribution in [0.15, 0.2) is 40.2 Å². The standard InChI is InChI=1S/C14H15BrClNO2S/c15-11-5-6-20-14(11)8-17-7-10(18)9-19-13-4-2-1-3-12(13)16/h1-6,10,17-18H,7-9H2. The third kappa shape index (κ3) is 4.75. The molecule has 0 saturated heterocycles. The van der Waals surface area contributed by atoms with Gasteiger partial charge in [-0.1, -0.05) is 23.7 Å². The van der Waals surface area contributed by atoms with Gasteiger partial charge in [0.15, 0.2) is 0 Å². The van der Waals surface area contributed by atoms with Crippen LogP contribution in [-0.2, 0) is 6.54 Å². The first kappa shape index (κ1) is 15.8. The average Bonchev–Trinajstić information content (AvgIpc) is 2.84. The van der Waals surface area contributed by atoms with E-state index in [0.29, 0.717) is 17.3 Å². The second kappa shape index (κ2) is 8.00. The van der Waals surface area contributed by atoms with Crippen molar-refractivity contribution >= 4 is 38.9 Å². The lowest BCUT2D eigenvalue weighted by atomic mass is 10.3. The van der Waals surface area contributed by atoms with Crippen LogP contribution in [0.25, 0.3) is 0 Å². The molecule has 0 aliphatic carbocycles. The third-order valence-electron chi connectivity index (χ3n) is 2.62. The SMILES string of the molecule is OC(CNCc1sccc1Br)COc1ccccc1Cl. The minimum absolute atomic E-state index is 0.211. The molecule has 20 heavy (non-hydrogen) atoms. The molecule has 0 aliphatic rings. The largest absolute Gasteiger partial charge is 0.489 e. The van der Waals surface area contributed by atoms with E-state index < -0.39 is 6.10 Å². The molecule has 108 valence electrons. The van der Waals surface area contributed by atoms with E-state index in [1.165, 1.54) is 4.88 Å². The molecule has 3 nitrogen and oxygen atoms in total. The van der Waals surface area contributed by atoms with E-state index in [4.69, 9.17) is 16.3 Å². The minimum Gasteiger partial charge on any atom is -0.489 e. The molecule has 0 bridgehead atoms. The predicted octanol–water partition coefficient (Wildman–Crippen LogP) is 3.69. The van der Waals surface area contributed by atoms with Gasteiger partial charge in [-0.2, -0.15) is 0 Å². The van der Waals surface area contributed by atoms with E-state index in [1.54, 1.807) is 23.5 Å². The molecule has 0 spiro atoms. The van der Waals surface area contributed by atoms with E-state index in [0.717, 1.165) is 11.0 Å². The maximum atomic E-state index is 9.86. The molecule has 0 saturated carbocycles. The number of para-hydroxylation sites is 1. The van der Waals surface area contributed by atoms with Crippen molar-refractivity contribution in [1.29, 1.82) is 0 Å². The molecule has 1 aromatic carbocycles. The van der Waals surface area contributed by atoms with Gasteiger partial charge >= 0.3 is 0 Å². The number of halogens is 2. The molecule has 0 amide bonds. The molecular weight excluding hydrogens is 362 g/mol. The van der Waals surface area contributed by atoms with Gasteiger partial charge in [-0.3, -0.25) is 0 Å². The third-order valence-corrected chi connectivity index (χ3v) is 4.86. The zero-order chi connectivity index (χ0) is 14.4. The highest BCUT2D eigenvalue weighted by atomic mass is 79.9. The Bertz CT molecular complexity index is 549. The molecule has 1 aromatic heterocycles. The molecule has 0 fully saturated rings. The monoisotopic (exact) mass is 375 g/mol. The van der Waals surface area contributed by atoms with Gasteiger partial charge in [-0.25, -0.2) is 0 Å². The Kier molecular flexibility index (Phi) is 6.32. The van der Waals surface area contributed by atoms with Crippen LogP contribution in [0.5, 0.6) is 5.75 Å². The fourth-order valence-electron chi connectivity index (χ4n) is 1.61. The lowest BCUT2D eigenvalue weighted by Gasteiger charge is -2.13. The van der Waals surface area contributed by atoms with Gasteiger partial charge in [0.05, 0.1) is 5.02 Å². The van der Waals surface area contributed by atoms with Gasteiger partial charge in [0, 0.05) is 22.4 Å². The summed E-state index contributed by atoms with van der Waals surface area (Å²) in [6.45, 7) is 1.40. The summed E-state index contributed by atoms with van der Waals surface area (Å²) in [6, 6.07) is 9.24. The number of aliphatic hydroxyl groups is 1. The summed E-state index contributed by atoms with van der Waals surface area (Å²) in [4.78, 5) is 1.21. The second-order valence-corrected chi connectivity index (χ2v) is 6.48. The van der Waals surface area contributed by atoms with Crippen LogP contribution in [0.4, 0.5) is 0 Å². The van der Waals surface area contributed by atoms with Gasteiger partial charge in [0.1, 0.15) is 18.5 Å². The van der Waals surface area contributed by atoms with Crippen molar-refractivity contribution in [1.82, 2.24) is 5.32 Å². The van der Waals surface area contributed by atoms with E-state index in [2.05, 4.69) is 21.2 Å². The summed E-state index contributed by atoms with van der Waals surface area (Å²) in [5, 5.41) is 15.6. The number of thiophene rings is 1. The van der Waals surface area contributed by atoms with Crippen molar-refractivity contribution in [3.05, 3.63) is 50.1 Å². The van der Waals surface area contributed by atoms with Gasteiger partial charge in [-0.15, -0.1) is 11.3 Å². The summed E-state index contributed by atoms with van der Waals surface area (Å²) in [6.07, 6.45) is -0.579. The zero-order valence-electron chi connectivity index (χ0n) is 10.7. The first-order chi connectivity index (χ1) is 9.66. The number of rotatable bonds is 7. The van der Waals surface area contributed by atoms with Gasteiger partial charge < -0.3 is 15.2 Å². The van der Waals surface area contributed by atoms with Crippen LogP contribution < -0.4 is 10.1 Å². The molecule has 6 heteroatoms. The maximum Gasteiger partial charge on any atom is 0.138 e. The number of aliphatic hydroxyl groups excluding tert-OH is 1. The molecule has 2 aromatic rings. The minimum atomic E-state index is -0.579. The Morgan fingerprint density at radius 2 is 2.15 bits per heavy atom. The van der Waals surface area contributed by atoms with Gasteiger partial charge in [0.2, 0.25) is 0 Å². The van der Waals surface area contributed by atoms with Crippen LogP contribution in [-0.4, -0.2) is 24.4 Å². The normalized spacial score (nSPS) is 12.3. The highest BCUT2D eigenvalue weighted by Crippen LogP contribution is 2.23. The molecule has 1 atom stereocenters. The van der Waals surface area contributed by atoms with Gasteiger partial charge in [0.25, 0.3) is 0 Å². The molecule has 2 rings (SSSR count). The van der Waals surface area contributed by atoms with Crippen LogP contribution in [0, 0.1) is 0 Å². The molecule has 2 N–H and O–H groups in total. The quantitative estimate of drug-likeness (QED) is 0.774. The Labute approximate surface area is 135 Å². The Morgan fingerprint density at radius 3 is 2.85 bits per heavy atom. The smallest absolute Gasteiger partial charge is 0.138 e. The molecule has 0 radical (unpaired) electrons. The predicted molar refractivity (Wildman–Crippen MR) is 86.7 cm³/mol. The summed E-state index contributed by atoms with van der Waals surface area (Å²) in [7, 11) is 0. The summed E-state index contributed by atoms with van der Waals surface area (Å²) in [5.41, 5.74) is 0. The number of nitrogens with one attached hydrogen (secondary N) is 1. The fourth-order valence-corrected chi connectivity index (χ4v) is 3.26. The highest BCUT2D eigenvalue weighted by Gasteiger charge is 2.08. The molecule has 0 aliphatic heterocycles. The summed E-state index contributed by atoms with van der Waals surface area (Å²) in [5.74, 6) is 0.592. The van der Waals surface area contributed by atoms with E-state index in [-0.39, 0.29) is 6.61 Å². The number of ether oxygens (including phenoxy) is 1. The van der Waals surface area contributed by atoms with Crippen molar-refractivity contribution in [2.45, 2.75) is 12.6 Å². The number of benzene rings is 1. The summed E-state index contributed by atoms with van der Waals surface area (Å²) < 4.78 is 6.58. The first-order valence-electron chi connectivity index (χ1n) is 6.15. The Balaban J connectivity index is 1.69. The number of hydrogen-bond acceptors (Lipinski definition) is 4. The van der Waals surface area contributed by atoms with Crippen LogP contribution >= 0.6 is 38.9 Å². The van der Waals surface area contributed by atoms with Crippen molar-refractivity contribution in [2.24, 2.45) is 0 Å². The van der Waals surface area contributed by atoms with Crippen molar-refractivity contribution in [3.8, 4) is 5.75 Å². The highest BCUT2D eigenvalue weighted by molar-refractivity contribution is 9.10. The first-order valence-corrected chi connectivity index (χ1v) is 8.20. The zero-order valence-corrected chi connectivity index (χ0v) is 13.8. The molecule has 1 unspecified atom stereocenters. The van der Waals surface area contributed by atoms with E-state index in [1.807, 2.05) is 23.6 Å². The van der Waals surface area contributed by atoms with Crippen LogP contribution in [0.1, 0.15) is 4.88 Å². The van der Waals surface area contributed by atoms with Gasteiger partial charge in [-0.05, 0) is 39.5 Å². The number of hydrogen-bond donors (Lipinski definition) is 2. The maximum absolute atomic E-state index is 9.86. The lowest BCUT2D eigenvalue weighted by Crippen LogP contribution is -2.31. The average molecular weight is 377 g/mol. The van der Waals surface area contributed by atoms with Crippen LogP contribution in [0.2, 0.25) is 5.02 Å². The van der Waals surface area contributed by atoms with Crippen molar-refractivity contribution < 1.29 is 9.84 Å². The Morgan fingerprint density at radius 1 is 1.35 bits per heavy atom. The van der Waals surface area contributed by atoms with E-state index in [9.17, 15) is 5.11 Å². The second-order valence-electron chi connectivity index (χ2n) is 4.22. The summed E-state index contributed by atoms with van der Waals surface area (Å²) >= 11 is 11.1. The molecular formula is C14H15BrClNO2S. The lowest BCUT2D eigenvalue weighted by molar-refractivity contribution is 0.106. The van der Waals surface area contributed by atoms with Crippen LogP contribution in [0.3, 0.4) is 0 Å². The van der Waals surface area contributed by atoms with E-state index >= 15 is 0 Å². The topological polar surface area (TPSA) is 41.5 Å². The fraction of sp³-hybridized carbons (Fsp3) is 0.286. The Hall–Kier alpha value is -0.590.